The van der Waals surface area contributed by atoms with Crippen molar-refractivity contribution in [2.24, 2.45) is 0 Å². The molecule has 1 atom stereocenters. The maximum absolute atomic E-state index is 12.0. The first-order valence-electron chi connectivity index (χ1n) is 10.9. The highest BCUT2D eigenvalue weighted by molar-refractivity contribution is 7.84. The topological polar surface area (TPSA) is 57.5 Å². The Morgan fingerprint density at radius 1 is 1.03 bits per heavy atom. The fourth-order valence-corrected chi connectivity index (χ4v) is 4.18. The van der Waals surface area contributed by atoms with Crippen molar-refractivity contribution in [3.05, 3.63) is 89.6 Å². The molecule has 0 fully saturated rings. The quantitative estimate of drug-likeness (QED) is 0.264. The summed E-state index contributed by atoms with van der Waals surface area (Å²) in [7, 11) is -0.995. The molecule has 1 unspecified atom stereocenters. The minimum atomic E-state index is -0.995. The zero-order valence-electron chi connectivity index (χ0n) is 19.3. The molecule has 0 N–H and O–H groups in total. The third kappa shape index (κ3) is 5.05. The lowest BCUT2D eigenvalue weighted by atomic mass is 10.1. The van der Waals surface area contributed by atoms with Gasteiger partial charge >= 0.3 is 5.97 Å². The number of carbonyl (C=O) groups excluding carboxylic acids is 1. The van der Waals surface area contributed by atoms with Crippen molar-refractivity contribution in [1.29, 1.82) is 0 Å². The summed E-state index contributed by atoms with van der Waals surface area (Å²) in [6.07, 6.45) is 3.66. The van der Waals surface area contributed by atoms with E-state index in [4.69, 9.17) is 9.47 Å². The molecule has 3 aromatic carbocycles. The van der Waals surface area contributed by atoms with Gasteiger partial charge in [-0.1, -0.05) is 18.1 Å². The number of ether oxygens (including phenoxy) is 2. The van der Waals surface area contributed by atoms with E-state index < -0.39 is 10.8 Å². The molecule has 6 heteroatoms. The van der Waals surface area contributed by atoms with Gasteiger partial charge in [0, 0.05) is 39.2 Å². The minimum Gasteiger partial charge on any atom is -0.489 e. The smallest absolute Gasteiger partial charge is 0.338 e. The highest BCUT2D eigenvalue weighted by atomic mass is 32.2. The lowest BCUT2D eigenvalue weighted by molar-refractivity contribution is 0.0526. The fraction of sp³-hybridized carbons (Fsp3) is 0.179. The Morgan fingerprint density at radius 2 is 1.76 bits per heavy atom. The molecule has 172 valence electrons. The number of rotatable bonds is 7. The summed E-state index contributed by atoms with van der Waals surface area (Å²) in [5.74, 6) is 6.57. The van der Waals surface area contributed by atoms with Crippen LogP contribution in [-0.2, 0) is 22.1 Å². The van der Waals surface area contributed by atoms with Gasteiger partial charge in [-0.05, 0) is 74.0 Å². The Bertz CT molecular complexity index is 1410. The summed E-state index contributed by atoms with van der Waals surface area (Å²) in [5, 5.41) is 0.984. The van der Waals surface area contributed by atoms with Crippen LogP contribution in [0.5, 0.6) is 5.75 Å². The Morgan fingerprint density at radius 3 is 2.41 bits per heavy atom. The first-order chi connectivity index (χ1) is 16.5. The van der Waals surface area contributed by atoms with Gasteiger partial charge in [0.05, 0.1) is 23.3 Å². The van der Waals surface area contributed by atoms with Crippen LogP contribution >= 0.6 is 0 Å². The summed E-state index contributed by atoms with van der Waals surface area (Å²) >= 11 is 0. The van der Waals surface area contributed by atoms with Crippen LogP contribution in [0.25, 0.3) is 16.6 Å². The van der Waals surface area contributed by atoms with Crippen LogP contribution in [0.4, 0.5) is 0 Å². The number of hydrogen-bond donors (Lipinski definition) is 0. The molecular weight excluding hydrogens is 446 g/mol. The molecule has 5 nitrogen and oxygen atoms in total. The third-order valence-corrected chi connectivity index (χ3v) is 6.29. The summed E-state index contributed by atoms with van der Waals surface area (Å²) < 4.78 is 24.7. The Balaban J connectivity index is 1.61. The summed E-state index contributed by atoms with van der Waals surface area (Å²) in [5.41, 5.74) is 4.33. The van der Waals surface area contributed by atoms with Crippen molar-refractivity contribution in [3.8, 4) is 23.3 Å². The average molecular weight is 472 g/mol. The molecule has 34 heavy (non-hydrogen) atoms. The van der Waals surface area contributed by atoms with Crippen LogP contribution in [0.15, 0.2) is 77.8 Å². The molecule has 0 aliphatic carbocycles. The lowest BCUT2D eigenvalue weighted by Crippen LogP contribution is -2.04. The molecule has 1 aromatic heterocycles. The number of carbonyl (C=O) groups is 1. The largest absolute Gasteiger partial charge is 0.489 e. The minimum absolute atomic E-state index is 0.330. The van der Waals surface area contributed by atoms with E-state index in [-0.39, 0.29) is 5.97 Å². The van der Waals surface area contributed by atoms with E-state index in [0.29, 0.717) is 18.8 Å². The maximum atomic E-state index is 12.0. The van der Waals surface area contributed by atoms with E-state index in [9.17, 15) is 9.00 Å². The van der Waals surface area contributed by atoms with Gasteiger partial charge in [-0.2, -0.15) is 0 Å². The van der Waals surface area contributed by atoms with Crippen molar-refractivity contribution in [2.45, 2.75) is 25.3 Å². The zero-order chi connectivity index (χ0) is 24.1. The second-order valence-electron chi connectivity index (χ2n) is 7.62. The number of nitrogens with zero attached hydrogens (tertiary/aromatic N) is 1. The molecular formula is C28H25NO4S. The first kappa shape index (κ1) is 23.3. The van der Waals surface area contributed by atoms with E-state index in [1.807, 2.05) is 67.7 Å². The summed E-state index contributed by atoms with van der Waals surface area (Å²) in [6.45, 7) is 4.35. The molecule has 0 bridgehead atoms. The predicted molar refractivity (Wildman–Crippen MR) is 135 cm³/mol. The molecule has 0 radical (unpaired) electrons. The van der Waals surface area contributed by atoms with E-state index in [1.165, 1.54) is 0 Å². The zero-order valence-corrected chi connectivity index (χ0v) is 20.1. The Kier molecular flexibility index (Phi) is 7.15. The predicted octanol–water partition coefficient (Wildman–Crippen LogP) is 5.50. The lowest BCUT2D eigenvalue weighted by Gasteiger charge is -2.09. The van der Waals surface area contributed by atoms with Gasteiger partial charge in [0.2, 0.25) is 0 Å². The molecule has 4 aromatic rings. The van der Waals surface area contributed by atoms with Crippen LogP contribution in [0.2, 0.25) is 0 Å². The monoisotopic (exact) mass is 471 g/mol. The molecule has 1 heterocycles. The normalized spacial score (nSPS) is 11.5. The molecule has 0 aliphatic heterocycles. The van der Waals surface area contributed by atoms with Gasteiger partial charge in [0.15, 0.2) is 0 Å². The van der Waals surface area contributed by atoms with Gasteiger partial charge in [0.1, 0.15) is 12.4 Å². The van der Waals surface area contributed by atoms with Gasteiger partial charge in [0.25, 0.3) is 0 Å². The first-order valence-corrected chi connectivity index (χ1v) is 12.5. The highest BCUT2D eigenvalue weighted by Gasteiger charge is 2.12. The number of fused-ring (bicyclic) bond motifs is 1. The second-order valence-corrected chi connectivity index (χ2v) is 9.00. The van der Waals surface area contributed by atoms with Crippen molar-refractivity contribution in [2.75, 3.05) is 12.9 Å². The molecule has 4 rings (SSSR count). The SMILES string of the molecule is CC#Cc1cn(-c2ccc(C(=O)OCC)cc2)c2ccc(OCc3ccc(S(C)=O)cc3)cc12. The van der Waals surface area contributed by atoms with Crippen molar-refractivity contribution >= 4 is 27.7 Å². The van der Waals surface area contributed by atoms with E-state index in [1.54, 1.807) is 25.3 Å². The number of benzene rings is 3. The average Bonchev–Trinajstić information content (AvgIpc) is 3.21. The Labute approximate surface area is 201 Å². The third-order valence-electron chi connectivity index (χ3n) is 5.35. The van der Waals surface area contributed by atoms with Crippen molar-refractivity contribution in [1.82, 2.24) is 4.57 Å². The van der Waals surface area contributed by atoms with E-state index >= 15 is 0 Å². The van der Waals surface area contributed by atoms with Crippen LogP contribution in [0.3, 0.4) is 0 Å². The maximum Gasteiger partial charge on any atom is 0.338 e. The number of hydrogen-bond acceptors (Lipinski definition) is 4. The van der Waals surface area contributed by atoms with Gasteiger partial charge in [-0.25, -0.2) is 4.79 Å². The van der Waals surface area contributed by atoms with Crippen LogP contribution < -0.4 is 4.74 Å². The number of aromatic nitrogens is 1. The number of esters is 1. The molecule has 0 aliphatic rings. The molecule has 0 amide bonds. The van der Waals surface area contributed by atoms with Crippen molar-refractivity contribution < 1.29 is 18.5 Å². The van der Waals surface area contributed by atoms with Gasteiger partial charge < -0.3 is 14.0 Å². The van der Waals surface area contributed by atoms with Crippen LogP contribution in [0.1, 0.15) is 35.3 Å². The van der Waals surface area contributed by atoms with E-state index in [2.05, 4.69) is 16.4 Å². The van der Waals surface area contributed by atoms with Gasteiger partial charge in [-0.15, -0.1) is 5.92 Å². The molecule has 0 saturated carbocycles. The van der Waals surface area contributed by atoms with Crippen LogP contribution in [0, 0.1) is 11.8 Å². The van der Waals surface area contributed by atoms with Gasteiger partial charge in [-0.3, -0.25) is 4.21 Å². The fourth-order valence-electron chi connectivity index (χ4n) is 3.66. The Hall–Kier alpha value is -3.82. The van der Waals surface area contributed by atoms with Crippen LogP contribution in [-0.4, -0.2) is 27.6 Å². The second kappa shape index (κ2) is 10.4. The standard InChI is InChI=1S/C28H25NO4S/c1-4-6-22-18-29(23-11-9-21(10-12-23)28(30)32-5-2)27-16-13-24(17-26(22)27)33-19-20-7-14-25(15-8-20)34(3)31/h7-18H,5,19H2,1-3H3. The summed E-state index contributed by atoms with van der Waals surface area (Å²) in [6, 6.07) is 20.8. The molecule has 0 spiro atoms. The molecule has 0 saturated heterocycles. The van der Waals surface area contributed by atoms with E-state index in [0.717, 1.165) is 38.4 Å². The van der Waals surface area contributed by atoms with Crippen molar-refractivity contribution in [3.63, 3.8) is 0 Å². The highest BCUT2D eigenvalue weighted by Crippen LogP contribution is 2.29. The summed E-state index contributed by atoms with van der Waals surface area (Å²) in [4.78, 5) is 12.8.